The molecule has 0 atom stereocenters. The van der Waals surface area contributed by atoms with Gasteiger partial charge in [0.1, 0.15) is 0 Å². The van der Waals surface area contributed by atoms with Gasteiger partial charge in [-0.2, -0.15) is 0 Å². The van der Waals surface area contributed by atoms with Crippen LogP contribution in [0.3, 0.4) is 0 Å². The third-order valence-corrected chi connectivity index (χ3v) is 2.47. The predicted molar refractivity (Wildman–Crippen MR) is 70.8 cm³/mol. The van der Waals surface area contributed by atoms with E-state index in [-0.39, 0.29) is 0 Å². The molecular weight excluding hydrogens is 208 g/mol. The van der Waals surface area contributed by atoms with E-state index >= 15 is 0 Å². The summed E-state index contributed by atoms with van der Waals surface area (Å²) in [6.07, 6.45) is 8.07. The van der Waals surface area contributed by atoms with Gasteiger partial charge in [-0.3, -0.25) is 4.98 Å². The summed E-state index contributed by atoms with van der Waals surface area (Å²) in [7, 11) is 0. The fourth-order valence-electron chi connectivity index (χ4n) is 1.60. The lowest BCUT2D eigenvalue weighted by Gasteiger charge is -2.06. The number of hydrogen-bond donors (Lipinski definition) is 1. The molecule has 0 aliphatic heterocycles. The smallest absolute Gasteiger partial charge is 0.0421 e. The Bertz CT molecular complexity index is 512. The van der Waals surface area contributed by atoms with Crippen LogP contribution in [0.2, 0.25) is 0 Å². The van der Waals surface area contributed by atoms with Crippen LogP contribution in [0.15, 0.2) is 48.7 Å². The molecule has 0 radical (unpaired) electrons. The molecule has 1 N–H and O–H groups in total. The number of anilines is 1. The molecule has 2 rings (SSSR count). The lowest BCUT2D eigenvalue weighted by Crippen LogP contribution is -2.05. The molecule has 0 saturated heterocycles. The molecule has 1 heterocycles. The topological polar surface area (TPSA) is 24.9 Å². The van der Waals surface area contributed by atoms with Crippen molar-refractivity contribution in [2.75, 3.05) is 11.9 Å². The second kappa shape index (κ2) is 5.72. The van der Waals surface area contributed by atoms with Crippen LogP contribution in [0.5, 0.6) is 0 Å². The number of rotatable bonds is 4. The Hall–Kier alpha value is -2.27. The fraction of sp³-hybridized carbons (Fsp3) is 0.133. The van der Waals surface area contributed by atoms with E-state index in [9.17, 15) is 0 Å². The zero-order valence-corrected chi connectivity index (χ0v) is 9.56. The Morgan fingerprint density at radius 3 is 2.88 bits per heavy atom. The number of benzene rings is 1. The monoisotopic (exact) mass is 222 g/mol. The molecule has 0 amide bonds. The van der Waals surface area contributed by atoms with Crippen molar-refractivity contribution >= 4 is 5.69 Å². The van der Waals surface area contributed by atoms with Gasteiger partial charge in [0, 0.05) is 36.1 Å². The van der Waals surface area contributed by atoms with E-state index in [0.29, 0.717) is 0 Å². The summed E-state index contributed by atoms with van der Waals surface area (Å²) in [4.78, 5) is 4.27. The minimum Gasteiger partial charge on any atom is -0.385 e. The Kier molecular flexibility index (Phi) is 3.77. The molecule has 1 aromatic heterocycles. The van der Waals surface area contributed by atoms with Crippen molar-refractivity contribution < 1.29 is 0 Å². The molecule has 0 aliphatic carbocycles. The molecule has 17 heavy (non-hydrogen) atoms. The average molecular weight is 222 g/mol. The lowest BCUT2D eigenvalue weighted by molar-refractivity contribution is 0.961. The summed E-state index contributed by atoms with van der Waals surface area (Å²) in [6, 6.07) is 13.8. The summed E-state index contributed by atoms with van der Waals surface area (Å²) < 4.78 is 0. The summed E-state index contributed by atoms with van der Waals surface area (Å²) >= 11 is 0. The van der Waals surface area contributed by atoms with E-state index in [2.05, 4.69) is 16.2 Å². The molecule has 84 valence electrons. The van der Waals surface area contributed by atoms with Gasteiger partial charge in [-0.1, -0.05) is 18.1 Å². The predicted octanol–water partition coefficient (Wildman–Crippen LogP) is 2.72. The van der Waals surface area contributed by atoms with Crippen molar-refractivity contribution in [1.82, 2.24) is 4.98 Å². The first-order chi connectivity index (χ1) is 8.38. The summed E-state index contributed by atoms with van der Waals surface area (Å²) in [5.74, 6) is 2.62. The molecule has 0 spiro atoms. The Labute approximate surface area is 102 Å². The van der Waals surface area contributed by atoms with Gasteiger partial charge in [-0.05, 0) is 30.3 Å². The number of nitrogens with zero attached hydrogens (tertiary/aromatic N) is 1. The van der Waals surface area contributed by atoms with E-state index in [1.54, 1.807) is 0 Å². The number of pyridine rings is 1. The maximum Gasteiger partial charge on any atom is 0.0421 e. The van der Waals surface area contributed by atoms with Crippen molar-refractivity contribution in [2.45, 2.75) is 6.42 Å². The highest BCUT2D eigenvalue weighted by Crippen LogP contribution is 2.09. The first-order valence-electron chi connectivity index (χ1n) is 5.59. The van der Waals surface area contributed by atoms with Crippen molar-refractivity contribution in [3.63, 3.8) is 0 Å². The Balaban J connectivity index is 1.88. The molecule has 2 heteroatoms. The largest absolute Gasteiger partial charge is 0.385 e. The van der Waals surface area contributed by atoms with Gasteiger partial charge in [0.25, 0.3) is 0 Å². The molecule has 2 nitrogen and oxygen atoms in total. The lowest BCUT2D eigenvalue weighted by atomic mass is 10.2. The van der Waals surface area contributed by atoms with Gasteiger partial charge in [0.2, 0.25) is 0 Å². The number of terminal acetylenes is 1. The second-order valence-electron chi connectivity index (χ2n) is 3.72. The fourth-order valence-corrected chi connectivity index (χ4v) is 1.60. The average Bonchev–Trinajstić information content (AvgIpc) is 2.40. The first kappa shape index (κ1) is 11.2. The van der Waals surface area contributed by atoms with Gasteiger partial charge in [-0.25, -0.2) is 0 Å². The minimum atomic E-state index is 0.852. The molecule has 0 aliphatic rings. The minimum absolute atomic E-state index is 0.852. The van der Waals surface area contributed by atoms with Gasteiger partial charge >= 0.3 is 0 Å². The Morgan fingerprint density at radius 2 is 2.12 bits per heavy atom. The van der Waals surface area contributed by atoms with Crippen molar-refractivity contribution in [3.8, 4) is 12.3 Å². The molecule has 0 fully saturated rings. The maximum atomic E-state index is 5.35. The van der Waals surface area contributed by atoms with E-state index < -0.39 is 0 Å². The summed E-state index contributed by atoms with van der Waals surface area (Å²) in [6.45, 7) is 0.852. The van der Waals surface area contributed by atoms with Gasteiger partial charge in [-0.15, -0.1) is 6.42 Å². The van der Waals surface area contributed by atoms with Crippen LogP contribution in [0.1, 0.15) is 11.3 Å². The quantitative estimate of drug-likeness (QED) is 0.804. The SMILES string of the molecule is C#Cc1cccc(NCCc2ccccn2)c1. The van der Waals surface area contributed by atoms with Crippen LogP contribution >= 0.6 is 0 Å². The van der Waals surface area contributed by atoms with Crippen molar-refractivity contribution in [3.05, 3.63) is 59.9 Å². The number of hydrogen-bond acceptors (Lipinski definition) is 2. The van der Waals surface area contributed by atoms with Crippen LogP contribution in [0.25, 0.3) is 0 Å². The summed E-state index contributed by atoms with van der Waals surface area (Å²) in [5.41, 5.74) is 3.04. The van der Waals surface area contributed by atoms with Crippen molar-refractivity contribution in [2.24, 2.45) is 0 Å². The molecule has 0 bridgehead atoms. The summed E-state index contributed by atoms with van der Waals surface area (Å²) in [5, 5.41) is 3.33. The highest BCUT2D eigenvalue weighted by atomic mass is 14.9. The Morgan fingerprint density at radius 1 is 1.18 bits per heavy atom. The normalized spacial score (nSPS) is 9.59. The third-order valence-electron chi connectivity index (χ3n) is 2.47. The first-order valence-corrected chi connectivity index (χ1v) is 5.59. The number of aromatic nitrogens is 1. The van der Waals surface area contributed by atoms with E-state index in [4.69, 9.17) is 6.42 Å². The van der Waals surface area contributed by atoms with Crippen LogP contribution in [-0.2, 0) is 6.42 Å². The number of nitrogens with one attached hydrogen (secondary N) is 1. The third kappa shape index (κ3) is 3.35. The molecular formula is C15H14N2. The highest BCUT2D eigenvalue weighted by Gasteiger charge is 1.95. The van der Waals surface area contributed by atoms with Gasteiger partial charge < -0.3 is 5.32 Å². The zero-order chi connectivity index (χ0) is 11.9. The van der Waals surface area contributed by atoms with Crippen LogP contribution in [-0.4, -0.2) is 11.5 Å². The molecule has 0 unspecified atom stereocenters. The molecule has 2 aromatic rings. The van der Waals surface area contributed by atoms with Crippen LogP contribution in [0.4, 0.5) is 5.69 Å². The van der Waals surface area contributed by atoms with Crippen LogP contribution in [0, 0.1) is 12.3 Å². The van der Waals surface area contributed by atoms with E-state index in [1.165, 1.54) is 0 Å². The van der Waals surface area contributed by atoms with Gasteiger partial charge in [0.05, 0.1) is 0 Å². The zero-order valence-electron chi connectivity index (χ0n) is 9.56. The van der Waals surface area contributed by atoms with E-state index in [0.717, 1.165) is 29.9 Å². The van der Waals surface area contributed by atoms with E-state index in [1.807, 2.05) is 48.7 Å². The maximum absolute atomic E-state index is 5.35. The standard InChI is InChI=1S/C15H14N2/c1-2-13-6-5-8-15(12-13)17-11-9-14-7-3-4-10-16-14/h1,3-8,10,12,17H,9,11H2. The second-order valence-corrected chi connectivity index (χ2v) is 3.72. The molecule has 1 aromatic carbocycles. The highest BCUT2D eigenvalue weighted by molar-refractivity contribution is 5.49. The van der Waals surface area contributed by atoms with Gasteiger partial charge in [0.15, 0.2) is 0 Å². The molecule has 0 saturated carbocycles. The van der Waals surface area contributed by atoms with Crippen molar-refractivity contribution in [1.29, 1.82) is 0 Å². The van der Waals surface area contributed by atoms with Crippen LogP contribution < -0.4 is 5.32 Å².